The fourth-order valence-corrected chi connectivity index (χ4v) is 2.38. The highest BCUT2D eigenvalue weighted by molar-refractivity contribution is 5.86. The van der Waals surface area contributed by atoms with Crippen molar-refractivity contribution in [2.24, 2.45) is 11.7 Å². The van der Waals surface area contributed by atoms with Crippen LogP contribution in [0.3, 0.4) is 0 Å². The van der Waals surface area contributed by atoms with Crippen molar-refractivity contribution in [1.29, 1.82) is 0 Å². The molecule has 6 heteroatoms. The smallest absolute Gasteiger partial charge is 0.336 e. The first-order valence-electron chi connectivity index (χ1n) is 6.22. The summed E-state index contributed by atoms with van der Waals surface area (Å²) in [5.41, 5.74) is 5.20. The van der Waals surface area contributed by atoms with Crippen LogP contribution in [0, 0.1) is 5.92 Å². The number of methoxy groups -OCH3 is 1. The van der Waals surface area contributed by atoms with Crippen LogP contribution in [0.1, 0.15) is 32.6 Å². The van der Waals surface area contributed by atoms with Crippen molar-refractivity contribution in [3.05, 3.63) is 0 Å². The topological polar surface area (TPSA) is 102 Å². The number of carbonyl (C=O) groups is 2. The molecule has 0 radical (unpaired) electrons. The number of hydrogen-bond acceptors (Lipinski definition) is 5. The van der Waals surface area contributed by atoms with Gasteiger partial charge < -0.3 is 20.9 Å². The standard InChI is InChI=1S/C12H22N2O4/c1-8-4-3-5-12(13,6-8)11(17)14-7-9(15)10(16)18-2/h8-9,15H,3-7,13H2,1-2H3,(H,14,17). The molecule has 18 heavy (non-hydrogen) atoms. The molecule has 1 amide bonds. The zero-order valence-corrected chi connectivity index (χ0v) is 10.9. The molecule has 0 heterocycles. The molecule has 4 N–H and O–H groups in total. The fraction of sp³-hybridized carbons (Fsp3) is 0.833. The molecule has 0 aromatic carbocycles. The molecule has 1 aliphatic carbocycles. The van der Waals surface area contributed by atoms with E-state index >= 15 is 0 Å². The maximum Gasteiger partial charge on any atom is 0.336 e. The van der Waals surface area contributed by atoms with Crippen molar-refractivity contribution in [1.82, 2.24) is 5.32 Å². The van der Waals surface area contributed by atoms with E-state index in [0.717, 1.165) is 12.8 Å². The van der Waals surface area contributed by atoms with E-state index in [2.05, 4.69) is 17.0 Å². The quantitative estimate of drug-likeness (QED) is 0.592. The first-order chi connectivity index (χ1) is 8.39. The third-order valence-corrected chi connectivity index (χ3v) is 3.41. The number of nitrogens with one attached hydrogen (secondary N) is 1. The molecule has 1 fully saturated rings. The average molecular weight is 258 g/mol. The van der Waals surface area contributed by atoms with E-state index in [0.29, 0.717) is 18.8 Å². The lowest BCUT2D eigenvalue weighted by Crippen LogP contribution is -2.57. The van der Waals surface area contributed by atoms with Crippen molar-refractivity contribution >= 4 is 11.9 Å². The molecule has 1 rings (SSSR count). The lowest BCUT2D eigenvalue weighted by atomic mass is 9.76. The number of esters is 1. The van der Waals surface area contributed by atoms with Crippen LogP contribution in [0.4, 0.5) is 0 Å². The van der Waals surface area contributed by atoms with E-state index in [1.807, 2.05) is 0 Å². The molecule has 0 spiro atoms. The summed E-state index contributed by atoms with van der Waals surface area (Å²) in [6.45, 7) is 1.90. The van der Waals surface area contributed by atoms with Gasteiger partial charge in [-0.1, -0.05) is 19.8 Å². The van der Waals surface area contributed by atoms with Gasteiger partial charge in [0.25, 0.3) is 0 Å². The maximum absolute atomic E-state index is 12.0. The van der Waals surface area contributed by atoms with Crippen LogP contribution in [0.2, 0.25) is 0 Å². The lowest BCUT2D eigenvalue weighted by molar-refractivity contribution is -0.150. The fourth-order valence-electron chi connectivity index (χ4n) is 2.38. The van der Waals surface area contributed by atoms with Gasteiger partial charge >= 0.3 is 5.97 Å². The van der Waals surface area contributed by atoms with Crippen molar-refractivity contribution in [3.8, 4) is 0 Å². The Hall–Kier alpha value is -1.14. The molecule has 0 bridgehead atoms. The van der Waals surface area contributed by atoms with Crippen molar-refractivity contribution < 1.29 is 19.4 Å². The summed E-state index contributed by atoms with van der Waals surface area (Å²) in [5.74, 6) is -0.657. The van der Waals surface area contributed by atoms with Gasteiger partial charge in [0.05, 0.1) is 19.2 Å². The van der Waals surface area contributed by atoms with E-state index in [9.17, 15) is 14.7 Å². The number of hydrogen-bond donors (Lipinski definition) is 3. The third kappa shape index (κ3) is 3.68. The van der Waals surface area contributed by atoms with Gasteiger partial charge in [0.1, 0.15) is 0 Å². The number of ether oxygens (including phenoxy) is 1. The third-order valence-electron chi connectivity index (χ3n) is 3.41. The van der Waals surface area contributed by atoms with E-state index < -0.39 is 17.6 Å². The van der Waals surface area contributed by atoms with E-state index in [1.165, 1.54) is 7.11 Å². The molecule has 0 aromatic rings. The van der Waals surface area contributed by atoms with Crippen LogP contribution in [0.15, 0.2) is 0 Å². The molecule has 3 unspecified atom stereocenters. The van der Waals surface area contributed by atoms with Crippen molar-refractivity contribution in [2.75, 3.05) is 13.7 Å². The van der Waals surface area contributed by atoms with Crippen LogP contribution in [-0.2, 0) is 14.3 Å². The Balaban J connectivity index is 2.47. The predicted octanol–water partition coefficient (Wildman–Crippen LogP) is -0.456. The molecule has 104 valence electrons. The van der Waals surface area contributed by atoms with Crippen LogP contribution in [0.5, 0.6) is 0 Å². The molecule has 1 aliphatic rings. The largest absolute Gasteiger partial charge is 0.467 e. The van der Waals surface area contributed by atoms with Gasteiger partial charge in [-0.2, -0.15) is 0 Å². The second kappa shape index (κ2) is 6.15. The lowest BCUT2D eigenvalue weighted by Gasteiger charge is -2.35. The number of amides is 1. The zero-order valence-electron chi connectivity index (χ0n) is 10.9. The summed E-state index contributed by atoms with van der Waals surface area (Å²) in [4.78, 5) is 23.0. The Morgan fingerprint density at radius 3 is 2.83 bits per heavy atom. The molecule has 6 nitrogen and oxygen atoms in total. The van der Waals surface area contributed by atoms with Gasteiger partial charge in [-0.3, -0.25) is 4.79 Å². The van der Waals surface area contributed by atoms with Gasteiger partial charge in [-0.05, 0) is 18.8 Å². The van der Waals surface area contributed by atoms with E-state index in [4.69, 9.17) is 5.73 Å². The molecule has 3 atom stereocenters. The molecule has 1 saturated carbocycles. The number of rotatable bonds is 4. The van der Waals surface area contributed by atoms with E-state index in [-0.39, 0.29) is 12.5 Å². The van der Waals surface area contributed by atoms with E-state index in [1.54, 1.807) is 0 Å². The molecular formula is C12H22N2O4. The summed E-state index contributed by atoms with van der Waals surface area (Å²) >= 11 is 0. The van der Waals surface area contributed by atoms with Gasteiger partial charge in [0, 0.05) is 0 Å². The Morgan fingerprint density at radius 1 is 1.61 bits per heavy atom. The number of aliphatic hydroxyl groups is 1. The minimum Gasteiger partial charge on any atom is -0.467 e. The molecule has 0 aromatic heterocycles. The summed E-state index contributed by atoms with van der Waals surface area (Å²) < 4.78 is 4.36. The first-order valence-corrected chi connectivity index (χ1v) is 6.22. The zero-order chi connectivity index (χ0) is 13.8. The normalized spacial score (nSPS) is 29.4. The maximum atomic E-state index is 12.0. The van der Waals surface area contributed by atoms with Crippen molar-refractivity contribution in [2.45, 2.75) is 44.2 Å². The van der Waals surface area contributed by atoms with Crippen LogP contribution in [0.25, 0.3) is 0 Å². The van der Waals surface area contributed by atoms with Crippen LogP contribution < -0.4 is 11.1 Å². The Kier molecular flexibility index (Phi) is 5.10. The average Bonchev–Trinajstić information content (AvgIpc) is 2.34. The minimum atomic E-state index is -1.34. The monoisotopic (exact) mass is 258 g/mol. The summed E-state index contributed by atoms with van der Waals surface area (Å²) in [7, 11) is 1.18. The Bertz CT molecular complexity index is 321. The van der Waals surface area contributed by atoms with Crippen LogP contribution >= 0.6 is 0 Å². The molecule has 0 aliphatic heterocycles. The number of aliphatic hydroxyl groups excluding tert-OH is 1. The Labute approximate surface area is 107 Å². The minimum absolute atomic E-state index is 0.168. The second-order valence-electron chi connectivity index (χ2n) is 5.11. The first kappa shape index (κ1) is 14.9. The van der Waals surface area contributed by atoms with Gasteiger partial charge in [-0.15, -0.1) is 0 Å². The summed E-state index contributed by atoms with van der Waals surface area (Å²) in [5, 5.41) is 11.9. The highest BCUT2D eigenvalue weighted by Gasteiger charge is 2.38. The summed E-state index contributed by atoms with van der Waals surface area (Å²) in [6.07, 6.45) is 1.93. The predicted molar refractivity (Wildman–Crippen MR) is 65.6 cm³/mol. The van der Waals surface area contributed by atoms with Gasteiger partial charge in [-0.25, -0.2) is 4.79 Å². The second-order valence-corrected chi connectivity index (χ2v) is 5.11. The number of nitrogens with two attached hydrogens (primary N) is 1. The van der Waals surface area contributed by atoms with Crippen LogP contribution in [-0.4, -0.2) is 42.3 Å². The summed E-state index contributed by atoms with van der Waals surface area (Å²) in [6, 6.07) is 0. The number of carbonyl (C=O) groups excluding carboxylic acids is 2. The van der Waals surface area contributed by atoms with Crippen molar-refractivity contribution in [3.63, 3.8) is 0 Å². The van der Waals surface area contributed by atoms with Gasteiger partial charge in [0.15, 0.2) is 6.10 Å². The van der Waals surface area contributed by atoms with Gasteiger partial charge in [0.2, 0.25) is 5.91 Å². The highest BCUT2D eigenvalue weighted by atomic mass is 16.5. The molecular weight excluding hydrogens is 236 g/mol. The highest BCUT2D eigenvalue weighted by Crippen LogP contribution is 2.30. The SMILES string of the molecule is COC(=O)C(O)CNC(=O)C1(N)CCCC(C)C1. The molecule has 0 saturated heterocycles. The Morgan fingerprint density at radius 2 is 2.28 bits per heavy atom.